The summed E-state index contributed by atoms with van der Waals surface area (Å²) in [6, 6.07) is 4.16. The number of carbonyl (C=O) groups is 1. The van der Waals surface area contributed by atoms with Gasteiger partial charge in [0.2, 0.25) is 5.82 Å². The third-order valence-corrected chi connectivity index (χ3v) is 8.31. The summed E-state index contributed by atoms with van der Waals surface area (Å²) in [5, 5.41) is 23.7. The number of ether oxygens (including phenoxy) is 1. The zero-order chi connectivity index (χ0) is 29.1. The summed E-state index contributed by atoms with van der Waals surface area (Å²) in [5.41, 5.74) is -0.137. The summed E-state index contributed by atoms with van der Waals surface area (Å²) in [6.45, 7) is 2.21. The van der Waals surface area contributed by atoms with Gasteiger partial charge in [-0.25, -0.2) is 9.97 Å². The minimum atomic E-state index is -4.43. The molecule has 3 N–H and O–H groups in total. The fourth-order valence-electron chi connectivity index (χ4n) is 5.85. The largest absolute Gasteiger partial charge is 0.480 e. The fraction of sp³-hybridized carbons (Fsp3) is 0.607. The van der Waals surface area contributed by atoms with Gasteiger partial charge in [0.25, 0.3) is 0 Å². The summed E-state index contributed by atoms with van der Waals surface area (Å²) < 4.78 is 59.8. The number of likely N-dealkylation sites (tertiary alicyclic amines) is 1. The van der Waals surface area contributed by atoms with Crippen molar-refractivity contribution in [2.75, 3.05) is 43.1 Å². The van der Waals surface area contributed by atoms with Crippen LogP contribution in [0.2, 0.25) is 0 Å². The molecule has 0 spiro atoms. The van der Waals surface area contributed by atoms with E-state index in [9.17, 15) is 28.2 Å². The molecule has 3 fully saturated rings. The number of piperidine rings is 1. The molecule has 13 heteroatoms. The van der Waals surface area contributed by atoms with Crippen LogP contribution in [0.15, 0.2) is 30.6 Å². The molecule has 0 radical (unpaired) electrons. The maximum Gasteiger partial charge on any atom is 0.416 e. The number of halogens is 4. The van der Waals surface area contributed by atoms with Crippen molar-refractivity contribution >= 4 is 17.6 Å². The average Bonchev–Trinajstić information content (AvgIpc) is 3.78. The first kappa shape index (κ1) is 29.5. The zero-order valence-corrected chi connectivity index (χ0v) is 22.6. The van der Waals surface area contributed by atoms with E-state index in [2.05, 4.69) is 15.3 Å². The number of hydrogen-bond donors (Lipinski definition) is 3. The first-order valence-electron chi connectivity index (χ1n) is 14.0. The van der Waals surface area contributed by atoms with E-state index >= 15 is 4.39 Å². The molecule has 9 nitrogen and oxygen atoms in total. The van der Waals surface area contributed by atoms with E-state index in [1.165, 1.54) is 18.5 Å². The van der Waals surface area contributed by atoms with E-state index in [0.717, 1.165) is 25.0 Å². The molecule has 1 aromatic carbocycles. The summed E-state index contributed by atoms with van der Waals surface area (Å²) in [4.78, 5) is 23.8. The van der Waals surface area contributed by atoms with E-state index in [0.29, 0.717) is 44.6 Å². The van der Waals surface area contributed by atoms with Crippen molar-refractivity contribution in [2.24, 2.45) is 11.8 Å². The Bertz CT molecular complexity index is 1190. The number of anilines is 2. The lowest BCUT2D eigenvalue weighted by atomic mass is 9.87. The van der Waals surface area contributed by atoms with Crippen molar-refractivity contribution in [3.05, 3.63) is 47.5 Å². The fourth-order valence-corrected chi connectivity index (χ4v) is 5.85. The Morgan fingerprint density at radius 3 is 2.44 bits per heavy atom. The van der Waals surface area contributed by atoms with Gasteiger partial charge in [0.05, 0.1) is 11.7 Å². The molecule has 224 valence electrons. The Kier molecular flexibility index (Phi) is 8.95. The SMILES string of the molecule is O=C(O)C(C1CCOCC1)N1CC[C@H](CNc2ncnc(N(Cc3ccc(C(F)(F)F)cc3)C3CC3)c2F)[C@@H](O)C1. The van der Waals surface area contributed by atoms with Gasteiger partial charge in [-0.15, -0.1) is 0 Å². The number of nitrogens with one attached hydrogen (secondary N) is 1. The number of alkyl halides is 3. The maximum absolute atomic E-state index is 15.6. The van der Waals surface area contributed by atoms with Crippen LogP contribution in [-0.4, -0.2) is 82.1 Å². The molecule has 2 aromatic rings. The van der Waals surface area contributed by atoms with Gasteiger partial charge in [-0.05, 0) is 62.3 Å². The number of aromatic nitrogens is 2. The highest BCUT2D eigenvalue weighted by atomic mass is 19.4. The number of benzene rings is 1. The summed E-state index contributed by atoms with van der Waals surface area (Å²) in [7, 11) is 0. The van der Waals surface area contributed by atoms with Crippen molar-refractivity contribution in [2.45, 2.75) is 63.0 Å². The quantitative estimate of drug-likeness (QED) is 0.361. The van der Waals surface area contributed by atoms with Crippen LogP contribution in [0.3, 0.4) is 0 Å². The van der Waals surface area contributed by atoms with E-state index in [1.54, 1.807) is 4.90 Å². The standard InChI is InChI=1S/C28H35F4N5O4/c29-23-25(33-13-19-7-10-36(15-22(19)38)24(27(39)40)18-8-11-41-12-9-18)34-16-35-26(23)37(21-5-6-21)14-17-1-3-20(4-2-17)28(30,31)32/h1-4,16,18-19,21-22,24,38H,5-15H2,(H,39,40)(H,33,34,35)/t19-,22+,24?/m1/s1. The van der Waals surface area contributed by atoms with Crippen LogP contribution >= 0.6 is 0 Å². The second-order valence-electron chi connectivity index (χ2n) is 11.1. The molecule has 1 saturated carbocycles. The van der Waals surface area contributed by atoms with Crippen LogP contribution < -0.4 is 10.2 Å². The van der Waals surface area contributed by atoms with E-state index in [1.807, 2.05) is 4.90 Å². The Labute approximate surface area is 235 Å². The van der Waals surface area contributed by atoms with E-state index in [-0.39, 0.29) is 49.1 Å². The van der Waals surface area contributed by atoms with Gasteiger partial charge < -0.3 is 25.2 Å². The van der Waals surface area contributed by atoms with Crippen LogP contribution in [0.4, 0.5) is 29.2 Å². The molecule has 1 aromatic heterocycles. The van der Waals surface area contributed by atoms with Crippen molar-refractivity contribution in [3.8, 4) is 0 Å². The molecule has 1 unspecified atom stereocenters. The van der Waals surface area contributed by atoms with Crippen LogP contribution in [-0.2, 0) is 22.3 Å². The molecule has 3 aliphatic rings. The number of hydrogen-bond acceptors (Lipinski definition) is 8. The number of nitrogens with zero attached hydrogens (tertiary/aromatic N) is 4. The van der Waals surface area contributed by atoms with E-state index in [4.69, 9.17) is 4.74 Å². The van der Waals surface area contributed by atoms with Gasteiger partial charge in [0.15, 0.2) is 11.6 Å². The molecule has 0 bridgehead atoms. The molecule has 5 rings (SSSR count). The van der Waals surface area contributed by atoms with E-state index < -0.39 is 35.7 Å². The third kappa shape index (κ3) is 7.07. The lowest BCUT2D eigenvalue weighted by Crippen LogP contribution is -2.55. The Balaban J connectivity index is 1.21. The van der Waals surface area contributed by atoms with Crippen molar-refractivity contribution < 1.29 is 37.3 Å². The number of aliphatic carboxylic acids is 1. The third-order valence-electron chi connectivity index (χ3n) is 8.31. The molecular weight excluding hydrogens is 546 g/mol. The molecule has 0 amide bonds. The molecule has 1 aliphatic carbocycles. The first-order chi connectivity index (χ1) is 19.6. The minimum absolute atomic E-state index is 0.0201. The summed E-state index contributed by atoms with van der Waals surface area (Å²) in [6.07, 6.45) is -0.478. The minimum Gasteiger partial charge on any atom is -0.480 e. The Morgan fingerprint density at radius 1 is 1.12 bits per heavy atom. The van der Waals surface area contributed by atoms with Crippen LogP contribution in [0.5, 0.6) is 0 Å². The van der Waals surface area contributed by atoms with Crippen molar-refractivity contribution in [1.29, 1.82) is 0 Å². The smallest absolute Gasteiger partial charge is 0.416 e. The van der Waals surface area contributed by atoms with Gasteiger partial charge in [-0.1, -0.05) is 12.1 Å². The zero-order valence-electron chi connectivity index (χ0n) is 22.6. The monoisotopic (exact) mass is 581 g/mol. The molecule has 3 heterocycles. The number of aliphatic hydroxyl groups excluding tert-OH is 1. The highest BCUT2D eigenvalue weighted by Crippen LogP contribution is 2.36. The van der Waals surface area contributed by atoms with Gasteiger partial charge in [-0.3, -0.25) is 9.69 Å². The normalized spacial score (nSPS) is 23.2. The van der Waals surface area contributed by atoms with Gasteiger partial charge in [0, 0.05) is 44.8 Å². The summed E-state index contributed by atoms with van der Waals surface area (Å²) in [5.74, 6) is -1.78. The molecule has 41 heavy (non-hydrogen) atoms. The van der Waals surface area contributed by atoms with Gasteiger partial charge >= 0.3 is 12.1 Å². The van der Waals surface area contributed by atoms with Gasteiger partial charge in [0.1, 0.15) is 12.4 Å². The molecular formula is C28H35F4N5O4. The van der Waals surface area contributed by atoms with Crippen LogP contribution in [0.25, 0.3) is 0 Å². The first-order valence-corrected chi connectivity index (χ1v) is 14.0. The number of rotatable bonds is 10. The van der Waals surface area contributed by atoms with Crippen LogP contribution in [0, 0.1) is 17.7 Å². The maximum atomic E-state index is 15.6. The van der Waals surface area contributed by atoms with Gasteiger partial charge in [-0.2, -0.15) is 17.6 Å². The predicted octanol–water partition coefficient (Wildman–Crippen LogP) is 3.78. The number of β-amino-alcohol motifs (C(OH)–C–C–N with tert-alkyl or cyclic N) is 1. The lowest BCUT2D eigenvalue weighted by molar-refractivity contribution is -0.149. The second kappa shape index (κ2) is 12.5. The topological polar surface area (TPSA) is 111 Å². The van der Waals surface area contributed by atoms with Crippen molar-refractivity contribution in [1.82, 2.24) is 14.9 Å². The second-order valence-corrected chi connectivity index (χ2v) is 11.1. The Hall–Kier alpha value is -3.03. The molecule has 2 saturated heterocycles. The van der Waals surface area contributed by atoms with Crippen molar-refractivity contribution in [3.63, 3.8) is 0 Å². The molecule has 2 aliphatic heterocycles. The predicted molar refractivity (Wildman–Crippen MR) is 142 cm³/mol. The number of carboxylic acid groups (broad SMARTS) is 1. The number of aliphatic hydroxyl groups is 1. The molecule has 3 atom stereocenters. The number of carboxylic acids is 1. The average molecular weight is 582 g/mol. The lowest BCUT2D eigenvalue weighted by Gasteiger charge is -2.42. The summed E-state index contributed by atoms with van der Waals surface area (Å²) >= 11 is 0. The van der Waals surface area contributed by atoms with Crippen LogP contribution in [0.1, 0.15) is 43.2 Å². The highest BCUT2D eigenvalue weighted by Gasteiger charge is 2.39. The highest BCUT2D eigenvalue weighted by molar-refractivity contribution is 5.74. The Morgan fingerprint density at radius 2 is 1.83 bits per heavy atom.